The second-order valence-electron chi connectivity index (χ2n) is 6.69. The summed E-state index contributed by atoms with van der Waals surface area (Å²) in [6, 6.07) is 6.43. The molecule has 1 amide bonds. The lowest BCUT2D eigenvalue weighted by Gasteiger charge is -2.23. The third kappa shape index (κ3) is 5.36. The molecule has 0 unspecified atom stereocenters. The fraction of sp³-hybridized carbons (Fsp3) is 0.333. The number of benzene rings is 1. The highest BCUT2D eigenvalue weighted by atomic mass is 16.6. The van der Waals surface area contributed by atoms with E-state index in [-0.39, 0.29) is 37.1 Å². The molecule has 0 fully saturated rings. The Balaban J connectivity index is 2.18. The number of nitro groups is 1. The van der Waals surface area contributed by atoms with Crippen molar-refractivity contribution in [1.82, 2.24) is 4.98 Å². The Hall–Kier alpha value is -4.02. The van der Waals surface area contributed by atoms with Crippen LogP contribution in [0.2, 0.25) is 0 Å². The van der Waals surface area contributed by atoms with Gasteiger partial charge in [0, 0.05) is 12.1 Å². The summed E-state index contributed by atoms with van der Waals surface area (Å²) >= 11 is 0. The summed E-state index contributed by atoms with van der Waals surface area (Å²) in [6.45, 7) is 2.21. The van der Waals surface area contributed by atoms with Crippen molar-refractivity contribution < 1.29 is 28.7 Å². The molecule has 11 heteroatoms. The summed E-state index contributed by atoms with van der Waals surface area (Å²) in [6.07, 6.45) is 3.48. The molecule has 1 aliphatic rings. The van der Waals surface area contributed by atoms with Crippen molar-refractivity contribution in [3.05, 3.63) is 52.1 Å². The average Bonchev–Trinajstić information content (AvgIpc) is 2.75. The minimum absolute atomic E-state index is 0.0586. The van der Waals surface area contributed by atoms with Crippen LogP contribution in [0.4, 0.5) is 22.0 Å². The minimum Gasteiger partial charge on any atom is -0.497 e. The maximum Gasteiger partial charge on any atom is 0.414 e. The number of nitrogens with two attached hydrogens (primary N) is 1. The number of hydrogen-bond acceptors (Lipinski definition) is 9. The number of nitrogens with zero attached hydrogens (tertiary/aromatic N) is 3. The first kappa shape index (κ1) is 22.7. The van der Waals surface area contributed by atoms with Crippen LogP contribution in [-0.2, 0) is 11.3 Å². The summed E-state index contributed by atoms with van der Waals surface area (Å²) in [5.41, 5.74) is 5.86. The van der Waals surface area contributed by atoms with Crippen molar-refractivity contribution in [2.75, 3.05) is 37.6 Å². The largest absolute Gasteiger partial charge is 0.497 e. The van der Waals surface area contributed by atoms with Crippen LogP contribution < -0.4 is 24.8 Å². The Morgan fingerprint density at radius 3 is 2.81 bits per heavy atom. The quantitative estimate of drug-likeness (QED) is 0.428. The van der Waals surface area contributed by atoms with Gasteiger partial charge in [-0.05, 0) is 31.0 Å². The van der Waals surface area contributed by atoms with Crippen molar-refractivity contribution in [2.24, 2.45) is 0 Å². The van der Waals surface area contributed by atoms with E-state index < -0.39 is 16.7 Å². The van der Waals surface area contributed by atoms with Gasteiger partial charge in [-0.1, -0.05) is 12.2 Å². The van der Waals surface area contributed by atoms with Gasteiger partial charge in [-0.2, -0.15) is 4.98 Å². The monoisotopic (exact) mass is 444 g/mol. The summed E-state index contributed by atoms with van der Waals surface area (Å²) in [4.78, 5) is 29.0. The Bertz CT molecular complexity index is 1030. The van der Waals surface area contributed by atoms with Crippen LogP contribution in [0.3, 0.4) is 0 Å². The topological polar surface area (TPSA) is 139 Å². The van der Waals surface area contributed by atoms with Crippen molar-refractivity contribution in [3.8, 4) is 17.4 Å². The lowest BCUT2D eigenvalue weighted by molar-refractivity contribution is -0.383. The molecular weight excluding hydrogens is 420 g/mol. The highest BCUT2D eigenvalue weighted by Gasteiger charge is 2.30. The van der Waals surface area contributed by atoms with Crippen molar-refractivity contribution in [2.45, 2.75) is 19.9 Å². The van der Waals surface area contributed by atoms with Crippen LogP contribution in [0.5, 0.6) is 17.4 Å². The van der Waals surface area contributed by atoms with E-state index in [4.69, 9.17) is 24.7 Å². The van der Waals surface area contributed by atoms with Gasteiger partial charge >= 0.3 is 11.8 Å². The molecule has 0 radical (unpaired) electrons. The standard InChI is InChI=1S/C21H24N4O7/c1-3-30-21(26)24-13-14-9-15(29-2)11-16(10-14)31-7-5-4-6-8-32-18-12-17(24)19(25(27)28)20(22)23-18/h4-5,9-12H,3,6-8,13H2,1-2H3,(H2,22,23)/b5-4+. The second-order valence-corrected chi connectivity index (χ2v) is 6.69. The van der Waals surface area contributed by atoms with Gasteiger partial charge in [0.1, 0.15) is 23.8 Å². The molecule has 0 saturated heterocycles. The Kier molecular flexibility index (Phi) is 7.32. The third-order valence-corrected chi connectivity index (χ3v) is 4.50. The number of fused-ring (bicyclic) bond motifs is 4. The number of carbonyl (C=O) groups excluding carboxylic acids is 1. The van der Waals surface area contributed by atoms with Gasteiger partial charge in [0.05, 0.1) is 31.8 Å². The molecule has 2 N–H and O–H groups in total. The Morgan fingerprint density at radius 2 is 2.09 bits per heavy atom. The number of amides is 1. The van der Waals surface area contributed by atoms with Crippen LogP contribution in [0, 0.1) is 10.1 Å². The number of rotatable bonds is 3. The number of pyridine rings is 1. The van der Waals surface area contributed by atoms with Gasteiger partial charge in [-0.15, -0.1) is 0 Å². The zero-order chi connectivity index (χ0) is 23.1. The molecule has 32 heavy (non-hydrogen) atoms. The first-order valence-electron chi connectivity index (χ1n) is 9.90. The molecule has 0 saturated carbocycles. The molecule has 0 atom stereocenters. The van der Waals surface area contributed by atoms with Crippen LogP contribution >= 0.6 is 0 Å². The molecule has 2 heterocycles. The van der Waals surface area contributed by atoms with E-state index in [1.54, 1.807) is 25.1 Å². The number of hydrogen-bond donors (Lipinski definition) is 1. The molecule has 1 aromatic carbocycles. The van der Waals surface area contributed by atoms with Crippen LogP contribution in [0.25, 0.3) is 0 Å². The smallest absolute Gasteiger partial charge is 0.414 e. The lowest BCUT2D eigenvalue weighted by Crippen LogP contribution is -2.32. The van der Waals surface area contributed by atoms with E-state index in [9.17, 15) is 14.9 Å². The van der Waals surface area contributed by atoms with Gasteiger partial charge in [0.2, 0.25) is 11.7 Å². The van der Waals surface area contributed by atoms with E-state index in [0.29, 0.717) is 30.1 Å². The Morgan fingerprint density at radius 1 is 1.28 bits per heavy atom. The first-order chi connectivity index (χ1) is 15.4. The van der Waals surface area contributed by atoms with Gasteiger partial charge in [0.15, 0.2) is 0 Å². The molecule has 0 spiro atoms. The predicted octanol–water partition coefficient (Wildman–Crippen LogP) is 3.46. The van der Waals surface area contributed by atoms with Crippen LogP contribution in [0.15, 0.2) is 36.4 Å². The zero-order valence-electron chi connectivity index (χ0n) is 17.8. The minimum atomic E-state index is -0.788. The van der Waals surface area contributed by atoms with E-state index in [2.05, 4.69) is 4.98 Å². The predicted molar refractivity (Wildman–Crippen MR) is 116 cm³/mol. The average molecular weight is 444 g/mol. The molecule has 1 aromatic heterocycles. The molecule has 3 rings (SSSR count). The first-order valence-corrected chi connectivity index (χ1v) is 9.90. The SMILES string of the molecule is CCOC(=O)N1Cc2cc(OC)cc(c2)OC/C=C/CCOc2cc1c([N+](=O)[O-])c(N)n2. The Labute approximate surface area is 184 Å². The van der Waals surface area contributed by atoms with Gasteiger partial charge in [-0.25, -0.2) is 4.79 Å². The van der Waals surface area contributed by atoms with E-state index in [1.165, 1.54) is 13.2 Å². The molecule has 1 aliphatic heterocycles. The molecule has 4 bridgehead atoms. The van der Waals surface area contributed by atoms with Gasteiger partial charge in [-0.3, -0.25) is 15.0 Å². The van der Waals surface area contributed by atoms with Gasteiger partial charge < -0.3 is 24.7 Å². The molecule has 11 nitrogen and oxygen atoms in total. The zero-order valence-corrected chi connectivity index (χ0v) is 17.8. The second kappa shape index (κ2) is 10.3. The van der Waals surface area contributed by atoms with Crippen molar-refractivity contribution in [3.63, 3.8) is 0 Å². The number of nitrogen functional groups attached to an aromatic ring is 1. The summed E-state index contributed by atoms with van der Waals surface area (Å²) in [5, 5.41) is 11.8. The van der Waals surface area contributed by atoms with Crippen molar-refractivity contribution >= 4 is 23.3 Å². The maximum absolute atomic E-state index is 12.8. The van der Waals surface area contributed by atoms with E-state index in [0.717, 1.165) is 4.90 Å². The fourth-order valence-electron chi connectivity index (χ4n) is 3.10. The van der Waals surface area contributed by atoms with Crippen LogP contribution in [0.1, 0.15) is 18.9 Å². The normalized spacial score (nSPS) is 14.8. The fourth-order valence-corrected chi connectivity index (χ4v) is 3.10. The highest BCUT2D eigenvalue weighted by molar-refractivity contribution is 5.92. The maximum atomic E-state index is 12.8. The van der Waals surface area contributed by atoms with E-state index in [1.807, 2.05) is 12.2 Å². The summed E-state index contributed by atoms with van der Waals surface area (Å²) in [5.74, 6) is 0.709. The molecular formula is C21H24N4O7. The number of anilines is 2. The lowest BCUT2D eigenvalue weighted by atomic mass is 10.1. The van der Waals surface area contributed by atoms with E-state index >= 15 is 0 Å². The molecule has 0 aliphatic carbocycles. The number of aromatic nitrogens is 1. The summed E-state index contributed by atoms with van der Waals surface area (Å²) in [7, 11) is 1.51. The van der Waals surface area contributed by atoms with Crippen molar-refractivity contribution in [1.29, 1.82) is 0 Å². The molecule has 170 valence electrons. The molecule has 2 aromatic rings. The van der Waals surface area contributed by atoms with Crippen LogP contribution in [-0.4, -0.2) is 42.9 Å². The number of ether oxygens (including phenoxy) is 4. The highest BCUT2D eigenvalue weighted by Crippen LogP contribution is 2.37. The number of carbonyl (C=O) groups is 1. The summed E-state index contributed by atoms with van der Waals surface area (Å²) < 4.78 is 21.9. The number of methoxy groups -OCH3 is 1. The third-order valence-electron chi connectivity index (χ3n) is 4.50. The van der Waals surface area contributed by atoms with Gasteiger partial charge in [0.25, 0.3) is 0 Å².